The molecule has 4 nitrogen and oxygen atoms in total. The minimum Gasteiger partial charge on any atom is -0.496 e. The molecule has 100 valence electrons. The van der Waals surface area contributed by atoms with Crippen LogP contribution >= 0.6 is 11.8 Å². The highest BCUT2D eigenvalue weighted by Gasteiger charge is 2.16. The lowest BCUT2D eigenvalue weighted by molar-refractivity contribution is 0.401. The van der Waals surface area contributed by atoms with Crippen molar-refractivity contribution >= 4 is 11.8 Å². The Labute approximate surface area is 117 Å². The Hall–Kier alpha value is -1.59. The maximum absolute atomic E-state index is 5.45. The number of methoxy groups -OCH3 is 1. The average Bonchev–Trinajstić information content (AvgIpc) is 2.47. The monoisotopic (exact) mass is 275 g/mol. The molecule has 0 aliphatic heterocycles. The van der Waals surface area contributed by atoms with Gasteiger partial charge in [-0.15, -0.1) is 0 Å². The zero-order chi connectivity index (χ0) is 13.7. The van der Waals surface area contributed by atoms with E-state index < -0.39 is 0 Å². The Bertz CT molecular complexity index is 533. The van der Waals surface area contributed by atoms with Crippen molar-refractivity contribution in [2.24, 2.45) is 0 Å². The first-order chi connectivity index (χ1) is 9.26. The highest BCUT2D eigenvalue weighted by atomic mass is 32.2. The SMILES string of the molecule is CNC(C)c1c(OC)cccc1Sc1ncccn1. The van der Waals surface area contributed by atoms with E-state index in [4.69, 9.17) is 4.74 Å². The number of hydrogen-bond donors (Lipinski definition) is 1. The third kappa shape index (κ3) is 3.24. The molecule has 1 aromatic carbocycles. The molecule has 0 radical (unpaired) electrons. The van der Waals surface area contributed by atoms with Crippen molar-refractivity contribution < 1.29 is 4.74 Å². The zero-order valence-electron chi connectivity index (χ0n) is 11.3. The molecule has 0 amide bonds. The van der Waals surface area contributed by atoms with Crippen molar-refractivity contribution in [3.8, 4) is 5.75 Å². The number of ether oxygens (including phenoxy) is 1. The summed E-state index contributed by atoms with van der Waals surface area (Å²) < 4.78 is 5.45. The molecular weight excluding hydrogens is 258 g/mol. The van der Waals surface area contributed by atoms with Crippen molar-refractivity contribution in [3.05, 3.63) is 42.2 Å². The van der Waals surface area contributed by atoms with Gasteiger partial charge in [-0.05, 0) is 43.9 Å². The Morgan fingerprint density at radius 2 is 1.95 bits per heavy atom. The van der Waals surface area contributed by atoms with E-state index in [-0.39, 0.29) is 6.04 Å². The summed E-state index contributed by atoms with van der Waals surface area (Å²) in [5, 5.41) is 3.98. The largest absolute Gasteiger partial charge is 0.496 e. The van der Waals surface area contributed by atoms with Gasteiger partial charge in [-0.1, -0.05) is 6.07 Å². The molecule has 0 spiro atoms. The van der Waals surface area contributed by atoms with Gasteiger partial charge in [0, 0.05) is 28.9 Å². The van der Waals surface area contributed by atoms with Crippen LogP contribution in [0.5, 0.6) is 5.75 Å². The number of aromatic nitrogens is 2. The van der Waals surface area contributed by atoms with Crippen molar-refractivity contribution in [3.63, 3.8) is 0 Å². The first kappa shape index (κ1) is 13.8. The molecular formula is C14H17N3OS. The van der Waals surface area contributed by atoms with Crippen LogP contribution in [0.3, 0.4) is 0 Å². The standard InChI is InChI=1S/C14H17N3OS/c1-10(15-2)13-11(18-3)6-4-7-12(13)19-14-16-8-5-9-17-14/h4-10,15H,1-3H3. The van der Waals surface area contributed by atoms with Crippen LogP contribution in [0.4, 0.5) is 0 Å². The van der Waals surface area contributed by atoms with Gasteiger partial charge in [-0.25, -0.2) is 9.97 Å². The molecule has 0 bridgehead atoms. The van der Waals surface area contributed by atoms with Gasteiger partial charge in [0.25, 0.3) is 0 Å². The Balaban J connectivity index is 2.39. The number of hydrogen-bond acceptors (Lipinski definition) is 5. The summed E-state index contributed by atoms with van der Waals surface area (Å²) in [4.78, 5) is 9.60. The van der Waals surface area contributed by atoms with Gasteiger partial charge in [-0.2, -0.15) is 0 Å². The molecule has 0 aliphatic rings. The molecule has 1 atom stereocenters. The molecule has 1 N–H and O–H groups in total. The van der Waals surface area contributed by atoms with Crippen molar-refractivity contribution in [1.29, 1.82) is 0 Å². The lowest BCUT2D eigenvalue weighted by atomic mass is 10.1. The molecule has 0 fully saturated rings. The van der Waals surface area contributed by atoms with Crippen LogP contribution in [0, 0.1) is 0 Å². The van der Waals surface area contributed by atoms with E-state index in [1.165, 1.54) is 0 Å². The van der Waals surface area contributed by atoms with E-state index in [0.717, 1.165) is 21.4 Å². The van der Waals surface area contributed by atoms with E-state index in [0.29, 0.717) is 0 Å². The number of benzene rings is 1. The molecule has 1 unspecified atom stereocenters. The highest BCUT2D eigenvalue weighted by molar-refractivity contribution is 7.99. The Morgan fingerprint density at radius 1 is 1.21 bits per heavy atom. The van der Waals surface area contributed by atoms with E-state index >= 15 is 0 Å². The summed E-state index contributed by atoms with van der Waals surface area (Å²) >= 11 is 1.55. The fourth-order valence-electron chi connectivity index (χ4n) is 1.80. The minimum absolute atomic E-state index is 0.197. The van der Waals surface area contributed by atoms with Gasteiger partial charge in [-0.3, -0.25) is 0 Å². The summed E-state index contributed by atoms with van der Waals surface area (Å²) in [7, 11) is 3.62. The van der Waals surface area contributed by atoms with Gasteiger partial charge >= 0.3 is 0 Å². The van der Waals surface area contributed by atoms with Gasteiger partial charge in [0.1, 0.15) is 5.75 Å². The second kappa shape index (κ2) is 6.54. The zero-order valence-corrected chi connectivity index (χ0v) is 12.1. The van der Waals surface area contributed by atoms with Crippen molar-refractivity contribution in [1.82, 2.24) is 15.3 Å². The molecule has 2 rings (SSSR count). The number of rotatable bonds is 5. The van der Waals surface area contributed by atoms with Crippen LogP contribution in [0.1, 0.15) is 18.5 Å². The van der Waals surface area contributed by atoms with Crippen molar-refractivity contribution in [2.75, 3.05) is 14.2 Å². The second-order valence-corrected chi connectivity index (χ2v) is 5.02. The summed E-state index contributed by atoms with van der Waals surface area (Å²) in [6.45, 7) is 2.10. The third-order valence-electron chi connectivity index (χ3n) is 2.86. The Kier molecular flexibility index (Phi) is 4.76. The summed E-state index contributed by atoms with van der Waals surface area (Å²) in [6, 6.07) is 8.02. The predicted octanol–water partition coefficient (Wildman–Crippen LogP) is 2.92. The minimum atomic E-state index is 0.197. The van der Waals surface area contributed by atoms with Gasteiger partial charge < -0.3 is 10.1 Å². The normalized spacial score (nSPS) is 12.2. The van der Waals surface area contributed by atoms with E-state index in [1.807, 2.05) is 25.2 Å². The van der Waals surface area contributed by atoms with Crippen LogP contribution < -0.4 is 10.1 Å². The molecule has 19 heavy (non-hydrogen) atoms. The average molecular weight is 275 g/mol. The maximum Gasteiger partial charge on any atom is 0.192 e. The molecule has 0 saturated carbocycles. The maximum atomic E-state index is 5.45. The molecule has 0 aliphatic carbocycles. The topological polar surface area (TPSA) is 47.0 Å². The molecule has 1 aromatic heterocycles. The van der Waals surface area contributed by atoms with Gasteiger partial charge in [0.05, 0.1) is 7.11 Å². The summed E-state index contributed by atoms with van der Waals surface area (Å²) in [5.74, 6) is 0.878. The van der Waals surface area contributed by atoms with Crippen molar-refractivity contribution in [2.45, 2.75) is 23.0 Å². The first-order valence-electron chi connectivity index (χ1n) is 6.05. The first-order valence-corrected chi connectivity index (χ1v) is 6.87. The molecule has 5 heteroatoms. The van der Waals surface area contributed by atoms with E-state index in [9.17, 15) is 0 Å². The van der Waals surface area contributed by atoms with E-state index in [2.05, 4.69) is 28.3 Å². The van der Waals surface area contributed by atoms with Crippen LogP contribution in [0.25, 0.3) is 0 Å². The molecule has 1 heterocycles. The van der Waals surface area contributed by atoms with Crippen LogP contribution in [0.15, 0.2) is 46.7 Å². The van der Waals surface area contributed by atoms with Crippen LogP contribution in [0.2, 0.25) is 0 Å². The Morgan fingerprint density at radius 3 is 2.58 bits per heavy atom. The van der Waals surface area contributed by atoms with Gasteiger partial charge in [0.15, 0.2) is 5.16 Å². The fourth-order valence-corrected chi connectivity index (χ4v) is 2.76. The lowest BCUT2D eigenvalue weighted by Crippen LogP contribution is -2.14. The lowest BCUT2D eigenvalue weighted by Gasteiger charge is -2.18. The van der Waals surface area contributed by atoms with Gasteiger partial charge in [0.2, 0.25) is 0 Å². The smallest absolute Gasteiger partial charge is 0.192 e. The number of nitrogens with zero attached hydrogens (tertiary/aromatic N) is 2. The summed E-state index contributed by atoms with van der Waals surface area (Å²) in [5.41, 5.74) is 1.13. The van der Waals surface area contributed by atoms with Crippen LogP contribution in [-0.2, 0) is 0 Å². The predicted molar refractivity (Wildman–Crippen MR) is 76.6 cm³/mol. The fraction of sp³-hybridized carbons (Fsp3) is 0.286. The number of nitrogens with one attached hydrogen (secondary N) is 1. The highest BCUT2D eigenvalue weighted by Crippen LogP contribution is 2.36. The molecule has 2 aromatic rings. The van der Waals surface area contributed by atoms with E-state index in [1.54, 1.807) is 31.3 Å². The molecule has 0 saturated heterocycles. The third-order valence-corrected chi connectivity index (χ3v) is 3.82. The quantitative estimate of drug-likeness (QED) is 0.850. The second-order valence-electron chi connectivity index (χ2n) is 4.02. The van der Waals surface area contributed by atoms with Crippen LogP contribution in [-0.4, -0.2) is 24.1 Å². The summed E-state index contributed by atoms with van der Waals surface area (Å²) in [6.07, 6.45) is 3.49.